The van der Waals surface area contributed by atoms with Crippen molar-refractivity contribution in [3.8, 4) is 22.6 Å². The Morgan fingerprint density at radius 2 is 0.746 bits per heavy atom. The quantitative estimate of drug-likeness (QED) is 0.0372. The molecule has 0 N–H and O–H groups in total. The maximum absolute atomic E-state index is 6.12. The van der Waals surface area contributed by atoms with Crippen molar-refractivity contribution in [3.63, 3.8) is 0 Å². The van der Waals surface area contributed by atoms with Crippen LogP contribution in [0.4, 0.5) is 11.4 Å². The van der Waals surface area contributed by atoms with E-state index >= 15 is 0 Å². The van der Waals surface area contributed by atoms with E-state index in [1.165, 1.54) is 160 Å². The van der Waals surface area contributed by atoms with Crippen LogP contribution in [0.2, 0.25) is 0 Å². The predicted molar refractivity (Wildman–Crippen MR) is 274 cm³/mol. The Balaban J connectivity index is 1.21. The van der Waals surface area contributed by atoms with E-state index in [-0.39, 0.29) is 10.8 Å². The molecule has 0 spiro atoms. The minimum Gasteiger partial charge on any atom is -0.494 e. The van der Waals surface area contributed by atoms with Gasteiger partial charge in [-0.05, 0) is 135 Å². The zero-order valence-electron chi connectivity index (χ0n) is 41.1. The zero-order chi connectivity index (χ0) is 44.9. The molecule has 5 rings (SSSR count). The highest BCUT2D eigenvalue weighted by Gasteiger charge is 2.28. The first-order chi connectivity index (χ1) is 30.5. The fourth-order valence-corrected chi connectivity index (χ4v) is 8.64. The van der Waals surface area contributed by atoms with E-state index in [1.807, 2.05) is 0 Å². The Bertz CT molecular complexity index is 1850. The van der Waals surface area contributed by atoms with Gasteiger partial charge >= 0.3 is 0 Å². The van der Waals surface area contributed by atoms with Gasteiger partial charge in [0, 0.05) is 12.4 Å². The Morgan fingerprint density at radius 3 is 1.06 bits per heavy atom. The summed E-state index contributed by atoms with van der Waals surface area (Å²) in [7, 11) is 0. The average molecular weight is 853 g/mol. The van der Waals surface area contributed by atoms with Crippen LogP contribution in [0.3, 0.4) is 0 Å². The van der Waals surface area contributed by atoms with Gasteiger partial charge in [0.15, 0.2) is 0 Å². The maximum atomic E-state index is 6.12. The minimum atomic E-state index is -0.0113. The lowest BCUT2D eigenvalue weighted by atomic mass is 9.82. The van der Waals surface area contributed by atoms with Crippen molar-refractivity contribution in [2.75, 3.05) is 13.2 Å². The molecule has 0 radical (unpaired) electrons. The number of benzene rings is 4. The molecule has 1 aliphatic rings. The second kappa shape index (κ2) is 25.9. The van der Waals surface area contributed by atoms with Gasteiger partial charge < -0.3 is 9.47 Å². The highest BCUT2D eigenvalue weighted by Crippen LogP contribution is 2.44. The predicted octanol–water partition coefficient (Wildman–Crippen LogP) is 18.0. The summed E-state index contributed by atoms with van der Waals surface area (Å²) >= 11 is 0. The van der Waals surface area contributed by atoms with Crippen molar-refractivity contribution in [1.29, 1.82) is 0 Å². The third-order valence-corrected chi connectivity index (χ3v) is 12.9. The molecular weight excluding hydrogens is 769 g/mol. The summed E-state index contributed by atoms with van der Waals surface area (Å²) in [5.74, 6) is 1.84. The van der Waals surface area contributed by atoms with Crippen molar-refractivity contribution < 1.29 is 9.47 Å². The molecule has 1 aliphatic carbocycles. The van der Waals surface area contributed by atoms with Gasteiger partial charge in [-0.3, -0.25) is 9.98 Å². The number of ether oxygens (including phenoxy) is 2. The number of hydrogen-bond donors (Lipinski definition) is 0. The Hall–Kier alpha value is -4.18. The smallest absolute Gasteiger partial charge is 0.119 e. The Morgan fingerprint density at radius 1 is 0.429 bits per heavy atom. The molecule has 0 atom stereocenters. The van der Waals surface area contributed by atoms with Gasteiger partial charge in [-0.1, -0.05) is 183 Å². The number of fused-ring (bicyclic) bond motifs is 3. The summed E-state index contributed by atoms with van der Waals surface area (Å²) in [6, 6.07) is 26.1. The number of unbranched alkanes of at least 4 members (excludes halogenated alkanes) is 18. The summed E-state index contributed by atoms with van der Waals surface area (Å²) in [5, 5.41) is 0. The first-order valence-corrected chi connectivity index (χ1v) is 25.4. The lowest BCUT2D eigenvalue weighted by molar-refractivity contribution is 0.304. The SMILES string of the molecule is CCCCCCCCCCCCOc1ccc(N=Cc2cc(C(C)(C)C)cc3c2Cc2c(C=Nc4ccc(OCCCCCCCCCCCC)cc4)cc(C(C)(C)C)cc2-3)cc1. The van der Waals surface area contributed by atoms with E-state index in [0.29, 0.717) is 0 Å². The summed E-state index contributed by atoms with van der Waals surface area (Å²) in [6.45, 7) is 19.9. The van der Waals surface area contributed by atoms with Crippen LogP contribution in [-0.2, 0) is 17.3 Å². The zero-order valence-corrected chi connectivity index (χ0v) is 41.1. The Kier molecular flexibility index (Phi) is 20.5. The van der Waals surface area contributed by atoms with Gasteiger partial charge in [0.2, 0.25) is 0 Å². The molecular formula is C59H84N2O2. The largest absolute Gasteiger partial charge is 0.494 e. The summed E-state index contributed by atoms with van der Waals surface area (Å²) < 4.78 is 12.2. The molecule has 4 aromatic carbocycles. The van der Waals surface area contributed by atoms with Gasteiger partial charge in [-0.25, -0.2) is 0 Å². The van der Waals surface area contributed by atoms with Crippen LogP contribution in [0, 0.1) is 0 Å². The molecule has 63 heavy (non-hydrogen) atoms. The van der Waals surface area contributed by atoms with Crippen LogP contribution in [0.15, 0.2) is 82.8 Å². The Labute approximate surface area is 384 Å². The normalized spacial score (nSPS) is 12.7. The lowest BCUT2D eigenvalue weighted by Gasteiger charge is -2.23. The molecule has 0 saturated carbocycles. The molecule has 0 bridgehead atoms. The van der Waals surface area contributed by atoms with E-state index in [0.717, 1.165) is 55.4 Å². The molecule has 0 unspecified atom stereocenters. The van der Waals surface area contributed by atoms with Crippen molar-refractivity contribution in [2.24, 2.45) is 9.98 Å². The van der Waals surface area contributed by atoms with Gasteiger partial charge in [0.1, 0.15) is 11.5 Å². The number of rotatable bonds is 28. The first-order valence-electron chi connectivity index (χ1n) is 25.4. The topological polar surface area (TPSA) is 43.2 Å². The van der Waals surface area contributed by atoms with E-state index in [4.69, 9.17) is 19.5 Å². The number of aliphatic imine (C=N–C) groups is 2. The van der Waals surface area contributed by atoms with Crippen molar-refractivity contribution in [3.05, 3.63) is 106 Å². The molecule has 342 valence electrons. The summed E-state index contributed by atoms with van der Waals surface area (Å²) in [4.78, 5) is 10.1. The maximum Gasteiger partial charge on any atom is 0.119 e. The third-order valence-electron chi connectivity index (χ3n) is 12.9. The van der Waals surface area contributed by atoms with Gasteiger partial charge in [0.25, 0.3) is 0 Å². The van der Waals surface area contributed by atoms with Crippen LogP contribution < -0.4 is 9.47 Å². The molecule has 0 aliphatic heterocycles. The standard InChI is InChI=1S/C59H84N2O2/c1-9-11-13-15-17-19-21-23-25-27-37-62-52-33-29-50(30-34-52)60-44-46-39-48(58(3,4)5)41-56-54(46)43-55-47(40-49(42-57(55)56)59(6,7)8)45-61-51-31-35-53(36-32-51)63-38-28-26-24-22-20-18-16-14-12-10-2/h29-36,39-42,44-45H,9-28,37-38,43H2,1-8H3. The molecule has 4 aromatic rings. The first kappa shape index (κ1) is 49.8. The van der Waals surface area contributed by atoms with Crippen LogP contribution in [0.5, 0.6) is 11.5 Å². The monoisotopic (exact) mass is 853 g/mol. The fraction of sp³-hybridized carbons (Fsp3) is 0.559. The number of nitrogens with zero attached hydrogens (tertiary/aromatic N) is 2. The van der Waals surface area contributed by atoms with Crippen molar-refractivity contribution in [2.45, 2.75) is 201 Å². The van der Waals surface area contributed by atoms with Crippen LogP contribution in [0.25, 0.3) is 11.1 Å². The van der Waals surface area contributed by atoms with Gasteiger partial charge in [0.05, 0.1) is 24.6 Å². The van der Waals surface area contributed by atoms with Crippen LogP contribution in [-0.4, -0.2) is 25.6 Å². The van der Waals surface area contributed by atoms with Crippen molar-refractivity contribution in [1.82, 2.24) is 0 Å². The van der Waals surface area contributed by atoms with Gasteiger partial charge in [-0.2, -0.15) is 0 Å². The second-order valence-electron chi connectivity index (χ2n) is 20.4. The molecule has 0 saturated heterocycles. The van der Waals surface area contributed by atoms with E-state index in [1.54, 1.807) is 0 Å². The van der Waals surface area contributed by atoms with Gasteiger partial charge in [-0.15, -0.1) is 0 Å². The van der Waals surface area contributed by atoms with Crippen molar-refractivity contribution >= 4 is 23.8 Å². The molecule has 0 heterocycles. The minimum absolute atomic E-state index is 0.0113. The highest BCUT2D eigenvalue weighted by atomic mass is 16.5. The number of hydrogen-bond acceptors (Lipinski definition) is 4. The fourth-order valence-electron chi connectivity index (χ4n) is 8.64. The average Bonchev–Trinajstić information content (AvgIpc) is 3.65. The lowest BCUT2D eigenvalue weighted by Crippen LogP contribution is -2.13. The molecule has 0 amide bonds. The molecule has 4 nitrogen and oxygen atoms in total. The van der Waals surface area contributed by atoms with E-state index in [2.05, 4.69) is 141 Å². The summed E-state index contributed by atoms with van der Waals surface area (Å²) in [5.41, 5.74) is 12.2. The molecule has 0 aromatic heterocycles. The van der Waals surface area contributed by atoms with Crippen LogP contribution >= 0.6 is 0 Å². The molecule has 0 fully saturated rings. The molecule has 4 heteroatoms. The summed E-state index contributed by atoms with van der Waals surface area (Å²) in [6.07, 6.45) is 31.6. The highest BCUT2D eigenvalue weighted by molar-refractivity contribution is 5.95. The second-order valence-corrected chi connectivity index (χ2v) is 20.4. The van der Waals surface area contributed by atoms with E-state index in [9.17, 15) is 0 Å². The third kappa shape index (κ3) is 16.7. The van der Waals surface area contributed by atoms with Crippen LogP contribution in [0.1, 0.15) is 217 Å². The van der Waals surface area contributed by atoms with E-state index < -0.39 is 0 Å².